The highest BCUT2D eigenvalue weighted by atomic mass is 79.9. The first-order valence-corrected chi connectivity index (χ1v) is 7.65. The number of halogens is 1. The van der Waals surface area contributed by atoms with Gasteiger partial charge in [0.05, 0.1) is 13.2 Å². The van der Waals surface area contributed by atoms with Crippen LogP contribution in [0.1, 0.15) is 22.0 Å². The van der Waals surface area contributed by atoms with Crippen molar-refractivity contribution in [2.75, 3.05) is 7.11 Å². The van der Waals surface area contributed by atoms with E-state index in [2.05, 4.69) is 51.9 Å². The van der Waals surface area contributed by atoms with Gasteiger partial charge in [0.2, 0.25) is 0 Å². The molecule has 2 aromatic rings. The Kier molecular flexibility index (Phi) is 4.99. The Hall–Kier alpha value is -0.880. The van der Waals surface area contributed by atoms with E-state index in [9.17, 15) is 0 Å². The average Bonchev–Trinajstić information content (AvgIpc) is 2.82. The van der Waals surface area contributed by atoms with E-state index in [0.29, 0.717) is 0 Å². The van der Waals surface area contributed by atoms with Gasteiger partial charge < -0.3 is 4.74 Å². The highest BCUT2D eigenvalue weighted by molar-refractivity contribution is 9.10. The summed E-state index contributed by atoms with van der Waals surface area (Å²) < 4.78 is 6.50. The zero-order valence-electron chi connectivity index (χ0n) is 10.9. The Balaban J connectivity index is 2.25. The van der Waals surface area contributed by atoms with E-state index in [4.69, 9.17) is 10.6 Å². The minimum absolute atomic E-state index is 0.0898. The molecule has 1 aromatic carbocycles. The molecule has 0 bridgehead atoms. The number of thiophene rings is 1. The predicted octanol–water partition coefficient (Wildman–Crippen LogP) is 3.57. The van der Waals surface area contributed by atoms with Gasteiger partial charge in [-0.05, 0) is 47.0 Å². The first-order chi connectivity index (χ1) is 9.13. The van der Waals surface area contributed by atoms with Crippen LogP contribution in [0, 0.1) is 6.92 Å². The third-order valence-electron chi connectivity index (χ3n) is 2.99. The standard InChI is InChI=1S/C14H17BrN2OS/c1-9-3-4-13(18-2)10(5-9)6-12(17-16)14-7-11(15)8-19-14/h3-5,7-8,12,17H,6,16H2,1-2H3. The lowest BCUT2D eigenvalue weighted by molar-refractivity contribution is 0.406. The molecule has 0 saturated carbocycles. The molecule has 3 N–H and O–H groups in total. The largest absolute Gasteiger partial charge is 0.496 e. The summed E-state index contributed by atoms with van der Waals surface area (Å²) in [5.74, 6) is 6.60. The van der Waals surface area contributed by atoms with Crippen molar-refractivity contribution in [2.24, 2.45) is 5.84 Å². The molecule has 1 atom stereocenters. The second kappa shape index (κ2) is 6.52. The highest BCUT2D eigenvalue weighted by Gasteiger charge is 2.15. The molecular weight excluding hydrogens is 324 g/mol. The van der Waals surface area contributed by atoms with Crippen LogP contribution in [0.2, 0.25) is 0 Å². The van der Waals surface area contributed by atoms with Gasteiger partial charge in [0.25, 0.3) is 0 Å². The van der Waals surface area contributed by atoms with Crippen LogP contribution in [0.15, 0.2) is 34.1 Å². The van der Waals surface area contributed by atoms with E-state index in [-0.39, 0.29) is 6.04 Å². The lowest BCUT2D eigenvalue weighted by Crippen LogP contribution is -2.29. The maximum absolute atomic E-state index is 5.69. The molecule has 0 saturated heterocycles. The highest BCUT2D eigenvalue weighted by Crippen LogP contribution is 2.30. The molecule has 0 amide bonds. The van der Waals surface area contributed by atoms with Crippen LogP contribution < -0.4 is 16.0 Å². The van der Waals surface area contributed by atoms with E-state index >= 15 is 0 Å². The molecule has 2 rings (SSSR count). The normalized spacial score (nSPS) is 12.4. The molecule has 3 nitrogen and oxygen atoms in total. The SMILES string of the molecule is COc1ccc(C)cc1CC(NN)c1cc(Br)cs1. The lowest BCUT2D eigenvalue weighted by Gasteiger charge is -2.16. The molecule has 0 fully saturated rings. The first-order valence-electron chi connectivity index (χ1n) is 5.97. The van der Waals surface area contributed by atoms with E-state index in [1.165, 1.54) is 10.4 Å². The van der Waals surface area contributed by atoms with Gasteiger partial charge in [0.1, 0.15) is 5.75 Å². The van der Waals surface area contributed by atoms with Crippen molar-refractivity contribution in [1.29, 1.82) is 0 Å². The fraction of sp³-hybridized carbons (Fsp3) is 0.286. The molecule has 1 aromatic heterocycles. The molecule has 0 spiro atoms. The molecule has 0 aliphatic rings. The van der Waals surface area contributed by atoms with Crippen molar-refractivity contribution in [3.63, 3.8) is 0 Å². The molecule has 19 heavy (non-hydrogen) atoms. The number of hydrogen-bond acceptors (Lipinski definition) is 4. The third-order valence-corrected chi connectivity index (χ3v) is 4.80. The lowest BCUT2D eigenvalue weighted by atomic mass is 10.0. The quantitative estimate of drug-likeness (QED) is 0.646. The Morgan fingerprint density at radius 1 is 1.42 bits per heavy atom. The van der Waals surface area contributed by atoms with E-state index in [0.717, 1.165) is 22.2 Å². The van der Waals surface area contributed by atoms with Gasteiger partial charge in [0.15, 0.2) is 0 Å². The summed E-state index contributed by atoms with van der Waals surface area (Å²) in [5.41, 5.74) is 5.27. The average molecular weight is 341 g/mol. The maximum Gasteiger partial charge on any atom is 0.122 e. The predicted molar refractivity (Wildman–Crippen MR) is 83.5 cm³/mol. The van der Waals surface area contributed by atoms with Crippen LogP contribution in [0.3, 0.4) is 0 Å². The summed E-state index contributed by atoms with van der Waals surface area (Å²) in [7, 11) is 1.70. The molecule has 102 valence electrons. The van der Waals surface area contributed by atoms with Crippen molar-refractivity contribution < 1.29 is 4.74 Å². The molecule has 0 aliphatic carbocycles. The van der Waals surface area contributed by atoms with Crippen LogP contribution in [-0.2, 0) is 6.42 Å². The minimum atomic E-state index is 0.0898. The van der Waals surface area contributed by atoms with Crippen LogP contribution >= 0.6 is 27.3 Å². The van der Waals surface area contributed by atoms with Crippen molar-refractivity contribution in [1.82, 2.24) is 5.43 Å². The van der Waals surface area contributed by atoms with Crippen LogP contribution in [0.4, 0.5) is 0 Å². The summed E-state index contributed by atoms with van der Waals surface area (Å²) >= 11 is 5.16. The number of nitrogens with one attached hydrogen (secondary N) is 1. The van der Waals surface area contributed by atoms with Crippen molar-refractivity contribution in [3.05, 3.63) is 50.1 Å². The van der Waals surface area contributed by atoms with Gasteiger partial charge in [-0.2, -0.15) is 0 Å². The summed E-state index contributed by atoms with van der Waals surface area (Å²) in [6.45, 7) is 2.08. The van der Waals surface area contributed by atoms with Gasteiger partial charge >= 0.3 is 0 Å². The minimum Gasteiger partial charge on any atom is -0.496 e. The zero-order valence-corrected chi connectivity index (χ0v) is 13.3. The molecule has 5 heteroatoms. The topological polar surface area (TPSA) is 47.3 Å². The van der Waals surface area contributed by atoms with E-state index in [1.54, 1.807) is 18.4 Å². The Bertz CT molecular complexity index is 556. The molecule has 0 radical (unpaired) electrons. The summed E-state index contributed by atoms with van der Waals surface area (Å²) in [5, 5.41) is 2.06. The number of methoxy groups -OCH3 is 1. The van der Waals surface area contributed by atoms with Crippen LogP contribution in [0.5, 0.6) is 5.75 Å². The smallest absolute Gasteiger partial charge is 0.122 e. The first kappa shape index (κ1) is 14.5. The number of benzene rings is 1. The Morgan fingerprint density at radius 3 is 2.79 bits per heavy atom. The number of hydrazine groups is 1. The number of ether oxygens (including phenoxy) is 1. The monoisotopic (exact) mass is 340 g/mol. The van der Waals surface area contributed by atoms with Gasteiger partial charge in [-0.1, -0.05) is 17.7 Å². The van der Waals surface area contributed by atoms with Gasteiger partial charge in [-0.3, -0.25) is 11.3 Å². The van der Waals surface area contributed by atoms with E-state index in [1.807, 2.05) is 6.07 Å². The summed E-state index contributed by atoms with van der Waals surface area (Å²) in [4.78, 5) is 1.21. The maximum atomic E-state index is 5.69. The van der Waals surface area contributed by atoms with E-state index < -0.39 is 0 Å². The fourth-order valence-electron chi connectivity index (χ4n) is 2.04. The summed E-state index contributed by atoms with van der Waals surface area (Å²) in [6, 6.07) is 8.38. The van der Waals surface area contributed by atoms with Gasteiger partial charge in [-0.25, -0.2) is 0 Å². The molecule has 1 unspecified atom stereocenters. The van der Waals surface area contributed by atoms with Crippen molar-refractivity contribution in [2.45, 2.75) is 19.4 Å². The molecule has 0 aliphatic heterocycles. The second-order valence-corrected chi connectivity index (χ2v) is 6.26. The number of rotatable bonds is 5. The number of aryl methyl sites for hydroxylation is 1. The zero-order chi connectivity index (χ0) is 13.8. The second-order valence-electron chi connectivity index (χ2n) is 4.41. The number of nitrogens with two attached hydrogens (primary N) is 1. The fourth-order valence-corrected chi connectivity index (χ4v) is 3.55. The van der Waals surface area contributed by atoms with Crippen LogP contribution in [-0.4, -0.2) is 7.11 Å². The molecule has 1 heterocycles. The van der Waals surface area contributed by atoms with Gasteiger partial charge in [-0.15, -0.1) is 11.3 Å². The van der Waals surface area contributed by atoms with Crippen molar-refractivity contribution in [3.8, 4) is 5.75 Å². The van der Waals surface area contributed by atoms with Crippen molar-refractivity contribution >= 4 is 27.3 Å². The van der Waals surface area contributed by atoms with Crippen LogP contribution in [0.25, 0.3) is 0 Å². The Labute approximate surface area is 125 Å². The third kappa shape index (κ3) is 3.57. The molecular formula is C14H17BrN2OS. The summed E-state index contributed by atoms with van der Waals surface area (Å²) in [6.07, 6.45) is 0.800. The van der Waals surface area contributed by atoms with Gasteiger partial charge in [0, 0.05) is 14.7 Å². The Morgan fingerprint density at radius 2 is 2.21 bits per heavy atom. The number of hydrogen-bond donors (Lipinski definition) is 2.